The van der Waals surface area contributed by atoms with Crippen molar-refractivity contribution in [3.8, 4) is 0 Å². The maximum Gasteiger partial charge on any atom is 0.131 e. The molecule has 0 radical (unpaired) electrons. The van der Waals surface area contributed by atoms with E-state index in [0.717, 1.165) is 17.7 Å². The fourth-order valence-electron chi connectivity index (χ4n) is 3.76. The molecule has 0 saturated heterocycles. The first-order valence-corrected chi connectivity index (χ1v) is 12.5. The van der Waals surface area contributed by atoms with E-state index >= 15 is 0 Å². The molecule has 0 aliphatic carbocycles. The van der Waals surface area contributed by atoms with Gasteiger partial charge in [-0.25, -0.2) is 4.99 Å². The largest absolute Gasteiger partial charge is 0.383 e. The number of rotatable bonds is 4. The quantitative estimate of drug-likeness (QED) is 0.215. The van der Waals surface area contributed by atoms with Crippen molar-refractivity contribution in [2.45, 2.75) is 34.1 Å². The van der Waals surface area contributed by atoms with Crippen LogP contribution in [0.2, 0.25) is 0 Å². The minimum atomic E-state index is 0.541. The first-order chi connectivity index (χ1) is 16.3. The highest BCUT2D eigenvalue weighted by Gasteiger charge is 2.14. The van der Waals surface area contributed by atoms with Crippen molar-refractivity contribution in [1.29, 1.82) is 0 Å². The van der Waals surface area contributed by atoms with Crippen LogP contribution in [0.25, 0.3) is 20.2 Å². The first-order valence-electron chi connectivity index (χ1n) is 11.7. The van der Waals surface area contributed by atoms with E-state index in [-0.39, 0.29) is 0 Å². The van der Waals surface area contributed by atoms with Crippen LogP contribution in [0, 0.1) is 0 Å². The number of nitrogens with zero attached hydrogens (tertiary/aromatic N) is 1. The summed E-state index contributed by atoms with van der Waals surface area (Å²) >= 11 is 1.83. The molecule has 0 aliphatic heterocycles. The number of fused-ring (bicyclic) bond motifs is 3. The number of aliphatic imine (C=N–C) groups is 1. The Morgan fingerprint density at radius 3 is 2.00 bits per heavy atom. The van der Waals surface area contributed by atoms with E-state index in [1.54, 1.807) is 0 Å². The summed E-state index contributed by atoms with van der Waals surface area (Å²) in [6.45, 7) is 8.00. The van der Waals surface area contributed by atoms with Gasteiger partial charge in [0.05, 0.1) is 5.69 Å². The molecule has 0 saturated carbocycles. The Hall–Kier alpha value is -3.43. The molecule has 0 amide bonds. The lowest BCUT2D eigenvalue weighted by molar-refractivity contribution is 1.20. The van der Waals surface area contributed by atoms with Crippen LogP contribution >= 0.6 is 11.3 Å². The van der Waals surface area contributed by atoms with Crippen molar-refractivity contribution < 1.29 is 0 Å². The smallest absolute Gasteiger partial charge is 0.131 e. The second kappa shape index (κ2) is 12.0. The molecule has 0 bridgehead atoms. The topological polar surface area (TPSA) is 38.4 Å². The van der Waals surface area contributed by atoms with Crippen molar-refractivity contribution in [3.05, 3.63) is 114 Å². The Morgan fingerprint density at radius 2 is 1.30 bits per heavy atom. The van der Waals surface area contributed by atoms with E-state index in [1.165, 1.54) is 31.3 Å². The van der Waals surface area contributed by atoms with Gasteiger partial charge in [-0.05, 0) is 29.3 Å². The van der Waals surface area contributed by atoms with Crippen LogP contribution in [0.15, 0.2) is 102 Å². The Balaban J connectivity index is 0.000000728. The Kier molecular flexibility index (Phi) is 8.79. The van der Waals surface area contributed by atoms with Crippen molar-refractivity contribution in [1.82, 2.24) is 0 Å². The monoisotopic (exact) mass is 452 g/mol. The van der Waals surface area contributed by atoms with Gasteiger partial charge >= 0.3 is 0 Å². The highest BCUT2D eigenvalue weighted by molar-refractivity contribution is 7.25. The molecule has 1 aromatic heterocycles. The van der Waals surface area contributed by atoms with Crippen LogP contribution in [0.4, 0.5) is 5.69 Å². The zero-order valence-corrected chi connectivity index (χ0v) is 20.7. The zero-order valence-electron chi connectivity index (χ0n) is 19.9. The molecular weight excluding hydrogens is 420 g/mol. The third kappa shape index (κ3) is 5.50. The van der Waals surface area contributed by atoms with Crippen LogP contribution < -0.4 is 5.73 Å². The molecular formula is C30H32N2S. The molecule has 33 heavy (non-hydrogen) atoms. The maximum atomic E-state index is 6.37. The van der Waals surface area contributed by atoms with Gasteiger partial charge in [-0.3, -0.25) is 0 Å². The highest BCUT2D eigenvalue weighted by Crippen LogP contribution is 2.40. The summed E-state index contributed by atoms with van der Waals surface area (Å²) in [5.41, 5.74) is 10.7. The maximum absolute atomic E-state index is 6.37. The minimum Gasteiger partial charge on any atom is -0.383 e. The molecule has 2 N–H and O–H groups in total. The van der Waals surface area contributed by atoms with E-state index in [0.29, 0.717) is 5.84 Å². The first kappa shape index (κ1) is 24.2. The zero-order chi connectivity index (χ0) is 23.6. The lowest BCUT2D eigenvalue weighted by Gasteiger charge is -2.10. The molecule has 1 heterocycles. The fraction of sp³-hybridized carbons (Fsp3) is 0.167. The van der Waals surface area contributed by atoms with Gasteiger partial charge in [0.15, 0.2) is 0 Å². The molecule has 0 aliphatic rings. The molecule has 0 fully saturated rings. The summed E-state index contributed by atoms with van der Waals surface area (Å²) in [7, 11) is 0. The second-order valence-electron chi connectivity index (χ2n) is 7.06. The standard InChI is InChI=1S/C26H20N2S.2C2H6/c27-26(19-11-5-2-6-12-19)28-22-15-16-24-25(20-13-7-8-14-23(20)29-24)21(22)17-18-9-3-1-4-10-18;2*1-2/h1-16H,17H2,(H2,27,28);2*1-2H3. The third-order valence-corrected chi connectivity index (χ3v) is 6.30. The molecule has 2 nitrogen and oxygen atoms in total. The van der Waals surface area contributed by atoms with E-state index in [2.05, 4.69) is 66.7 Å². The molecule has 0 unspecified atom stereocenters. The third-order valence-electron chi connectivity index (χ3n) is 5.16. The van der Waals surface area contributed by atoms with Gasteiger partial charge in [0.25, 0.3) is 0 Å². The Morgan fingerprint density at radius 1 is 0.697 bits per heavy atom. The summed E-state index contributed by atoms with van der Waals surface area (Å²) in [5.74, 6) is 0.541. The number of hydrogen-bond acceptors (Lipinski definition) is 2. The van der Waals surface area contributed by atoms with Gasteiger partial charge in [0.1, 0.15) is 5.84 Å². The van der Waals surface area contributed by atoms with E-state index in [4.69, 9.17) is 10.7 Å². The second-order valence-corrected chi connectivity index (χ2v) is 8.14. The number of nitrogens with two attached hydrogens (primary N) is 1. The highest BCUT2D eigenvalue weighted by atomic mass is 32.1. The van der Waals surface area contributed by atoms with Gasteiger partial charge in [-0.1, -0.05) is 107 Å². The summed E-state index contributed by atoms with van der Waals surface area (Å²) < 4.78 is 2.59. The van der Waals surface area contributed by atoms with Crippen molar-refractivity contribution in [3.63, 3.8) is 0 Å². The normalized spacial score (nSPS) is 10.8. The summed E-state index contributed by atoms with van der Waals surface area (Å²) in [6.07, 6.45) is 0.819. The lowest BCUT2D eigenvalue weighted by atomic mass is 9.98. The van der Waals surface area contributed by atoms with E-state index in [9.17, 15) is 0 Å². The lowest BCUT2D eigenvalue weighted by Crippen LogP contribution is -2.12. The van der Waals surface area contributed by atoms with Gasteiger partial charge < -0.3 is 5.73 Å². The van der Waals surface area contributed by atoms with Gasteiger partial charge in [-0.2, -0.15) is 0 Å². The van der Waals surface area contributed by atoms with Crippen LogP contribution in [0.3, 0.4) is 0 Å². The van der Waals surface area contributed by atoms with Gasteiger partial charge in [0, 0.05) is 32.2 Å². The molecule has 168 valence electrons. The SMILES string of the molecule is CC.CC.NC(=Nc1ccc2sc3ccccc3c2c1Cc1ccccc1)c1ccccc1. The van der Waals surface area contributed by atoms with E-state index < -0.39 is 0 Å². The summed E-state index contributed by atoms with van der Waals surface area (Å²) in [5, 5.41) is 2.57. The van der Waals surface area contributed by atoms with Gasteiger partial charge in [0.2, 0.25) is 0 Å². The van der Waals surface area contributed by atoms with Crippen LogP contribution in [-0.4, -0.2) is 5.84 Å². The minimum absolute atomic E-state index is 0.541. The molecule has 4 aromatic carbocycles. The van der Waals surface area contributed by atoms with Crippen LogP contribution in [0.1, 0.15) is 44.4 Å². The average Bonchev–Trinajstić information content (AvgIpc) is 3.28. The molecule has 0 spiro atoms. The number of benzene rings is 4. The number of amidine groups is 1. The Bertz CT molecular complexity index is 1320. The molecule has 5 rings (SSSR count). The molecule has 0 atom stereocenters. The Labute approximate surface area is 201 Å². The predicted molar refractivity (Wildman–Crippen MR) is 148 cm³/mol. The van der Waals surface area contributed by atoms with Crippen molar-refractivity contribution in [2.24, 2.45) is 10.7 Å². The molecule has 3 heteroatoms. The van der Waals surface area contributed by atoms with Crippen molar-refractivity contribution in [2.75, 3.05) is 0 Å². The van der Waals surface area contributed by atoms with Crippen LogP contribution in [0.5, 0.6) is 0 Å². The number of hydrogen-bond donors (Lipinski definition) is 1. The van der Waals surface area contributed by atoms with Gasteiger partial charge in [-0.15, -0.1) is 11.3 Å². The van der Waals surface area contributed by atoms with Crippen LogP contribution in [-0.2, 0) is 6.42 Å². The van der Waals surface area contributed by atoms with Crippen molar-refractivity contribution >= 4 is 43.0 Å². The average molecular weight is 453 g/mol. The summed E-state index contributed by atoms with van der Waals surface area (Å²) in [4.78, 5) is 4.86. The summed E-state index contributed by atoms with van der Waals surface area (Å²) in [6, 6.07) is 33.4. The van der Waals surface area contributed by atoms with E-state index in [1.807, 2.05) is 69.4 Å². The fourth-order valence-corrected chi connectivity index (χ4v) is 4.90. The molecule has 5 aromatic rings. The number of thiophene rings is 1. The predicted octanol–water partition coefficient (Wildman–Crippen LogP) is 8.73.